The Labute approximate surface area is 176 Å². The molecule has 2 aliphatic carbocycles. The summed E-state index contributed by atoms with van der Waals surface area (Å²) in [6.07, 6.45) is 7.24. The maximum Gasteiger partial charge on any atom is 0.306 e. The first-order chi connectivity index (χ1) is 14.5. The molecule has 2 aromatic rings. The number of aliphatic carboxylic acids is 1. The Morgan fingerprint density at radius 2 is 1.83 bits per heavy atom. The molecule has 2 aromatic carbocycles. The van der Waals surface area contributed by atoms with Crippen LogP contribution in [-0.2, 0) is 15.1 Å². The number of carboxylic acid groups (broad SMARTS) is 1. The van der Waals surface area contributed by atoms with Crippen LogP contribution >= 0.6 is 0 Å². The molecule has 2 saturated heterocycles. The highest BCUT2D eigenvalue weighted by atomic mass is 16.5. The molecule has 0 amide bonds. The number of phenolic OH excluding ortho intramolecular Hbond substituents is 1. The lowest BCUT2D eigenvalue weighted by atomic mass is 9.62. The van der Waals surface area contributed by atoms with Crippen molar-refractivity contribution >= 4 is 5.97 Å². The number of carbonyl (C=O) groups is 1. The zero-order valence-electron chi connectivity index (χ0n) is 17.0. The van der Waals surface area contributed by atoms with Crippen LogP contribution in [0.15, 0.2) is 48.5 Å². The quantitative estimate of drug-likeness (QED) is 0.635. The second-order valence-corrected chi connectivity index (χ2v) is 9.39. The van der Waals surface area contributed by atoms with Gasteiger partial charge in [-0.05, 0) is 98.2 Å². The maximum absolute atomic E-state index is 11.1. The third-order valence-corrected chi connectivity index (χ3v) is 7.49. The maximum atomic E-state index is 11.1. The molecule has 2 heterocycles. The molecule has 5 heteroatoms. The molecule has 2 saturated carbocycles. The predicted molar refractivity (Wildman–Crippen MR) is 112 cm³/mol. The van der Waals surface area contributed by atoms with Crippen LogP contribution in [0.4, 0.5) is 0 Å². The molecule has 2 atom stereocenters. The van der Waals surface area contributed by atoms with Crippen molar-refractivity contribution in [2.24, 2.45) is 17.3 Å². The summed E-state index contributed by atoms with van der Waals surface area (Å²) in [7, 11) is 0. The highest BCUT2D eigenvalue weighted by Gasteiger charge is 2.52. The largest absolute Gasteiger partial charge is 0.508 e. The molecule has 0 unspecified atom stereocenters. The minimum atomic E-state index is -0.630. The zero-order chi connectivity index (χ0) is 20.8. The van der Waals surface area contributed by atoms with Crippen molar-refractivity contribution in [1.29, 1.82) is 0 Å². The van der Waals surface area contributed by atoms with Crippen molar-refractivity contribution in [3.8, 4) is 17.2 Å². The smallest absolute Gasteiger partial charge is 0.306 e. The van der Waals surface area contributed by atoms with Crippen molar-refractivity contribution in [2.45, 2.75) is 50.5 Å². The minimum Gasteiger partial charge on any atom is -0.508 e. The standard InChI is InChI=1S/C25H28O5/c26-19-4-6-20(7-5-19)30-21-3-1-2-18(15-21)25-12-10-24(11-13-25,16-29-25)9-8-17-14-22(17)23(27)28/h1-7,15,17,22,26H,8-14,16H2,(H,27,28)/t17-,22-,24?,25?/m1/s1. The number of hydrogen-bond acceptors (Lipinski definition) is 4. The Bertz CT molecular complexity index is 910. The first-order valence-corrected chi connectivity index (χ1v) is 10.9. The van der Waals surface area contributed by atoms with Crippen molar-refractivity contribution < 1.29 is 24.5 Å². The third kappa shape index (κ3) is 3.67. The molecule has 4 aliphatic rings. The number of fused-ring (bicyclic) bond motifs is 3. The molecule has 6 rings (SSSR count). The Hall–Kier alpha value is -2.53. The average Bonchev–Trinajstić information content (AvgIpc) is 3.56. The Balaban J connectivity index is 1.23. The number of ether oxygens (including phenoxy) is 2. The second kappa shape index (κ2) is 7.31. The fourth-order valence-electron chi connectivity index (χ4n) is 5.31. The lowest BCUT2D eigenvalue weighted by Crippen LogP contribution is -2.49. The first kappa shape index (κ1) is 19.4. The number of benzene rings is 2. The summed E-state index contributed by atoms with van der Waals surface area (Å²) in [5.74, 6) is 1.32. The Morgan fingerprint density at radius 1 is 1.07 bits per heavy atom. The first-order valence-electron chi connectivity index (χ1n) is 10.9. The number of hydrogen-bond donors (Lipinski definition) is 2. The van der Waals surface area contributed by atoms with E-state index >= 15 is 0 Å². The van der Waals surface area contributed by atoms with E-state index in [1.165, 1.54) is 5.56 Å². The van der Waals surface area contributed by atoms with Crippen LogP contribution in [0.3, 0.4) is 0 Å². The summed E-state index contributed by atoms with van der Waals surface area (Å²) in [4.78, 5) is 11.1. The highest BCUT2D eigenvalue weighted by Crippen LogP contribution is 2.57. The van der Waals surface area contributed by atoms with E-state index in [1.807, 2.05) is 12.1 Å². The van der Waals surface area contributed by atoms with E-state index in [4.69, 9.17) is 14.6 Å². The van der Waals surface area contributed by atoms with Gasteiger partial charge in [0, 0.05) is 0 Å². The van der Waals surface area contributed by atoms with E-state index < -0.39 is 5.97 Å². The highest BCUT2D eigenvalue weighted by molar-refractivity contribution is 5.73. The topological polar surface area (TPSA) is 76.0 Å². The molecule has 2 aliphatic heterocycles. The Kier molecular flexibility index (Phi) is 4.73. The van der Waals surface area contributed by atoms with E-state index in [-0.39, 0.29) is 22.7 Å². The van der Waals surface area contributed by atoms with Crippen LogP contribution < -0.4 is 4.74 Å². The molecule has 2 bridgehead atoms. The predicted octanol–water partition coefficient (Wildman–Crippen LogP) is 5.47. The third-order valence-electron chi connectivity index (χ3n) is 7.49. The number of phenols is 1. The van der Waals surface area contributed by atoms with Gasteiger partial charge in [0.05, 0.1) is 18.1 Å². The fraction of sp³-hybridized carbons (Fsp3) is 0.480. The van der Waals surface area contributed by atoms with Gasteiger partial charge in [0.25, 0.3) is 0 Å². The van der Waals surface area contributed by atoms with E-state index in [9.17, 15) is 9.90 Å². The molecule has 0 aromatic heterocycles. The lowest BCUT2D eigenvalue weighted by Gasteiger charge is -2.53. The Morgan fingerprint density at radius 3 is 2.47 bits per heavy atom. The van der Waals surface area contributed by atoms with Crippen LogP contribution in [0.25, 0.3) is 0 Å². The van der Waals surface area contributed by atoms with Gasteiger partial charge >= 0.3 is 5.97 Å². The van der Waals surface area contributed by atoms with E-state index in [0.29, 0.717) is 11.7 Å². The fourth-order valence-corrected chi connectivity index (χ4v) is 5.31. The van der Waals surface area contributed by atoms with Gasteiger partial charge in [-0.15, -0.1) is 0 Å². The number of carboxylic acids is 1. The van der Waals surface area contributed by atoms with E-state index in [2.05, 4.69) is 12.1 Å². The molecule has 30 heavy (non-hydrogen) atoms. The summed E-state index contributed by atoms with van der Waals surface area (Å²) in [6.45, 7) is 0.764. The van der Waals surface area contributed by atoms with Crippen molar-refractivity contribution in [1.82, 2.24) is 0 Å². The minimum absolute atomic E-state index is 0.107. The summed E-state index contributed by atoms with van der Waals surface area (Å²) in [5, 5.41) is 18.6. The zero-order valence-corrected chi connectivity index (χ0v) is 17.0. The van der Waals surface area contributed by atoms with Gasteiger partial charge in [-0.25, -0.2) is 0 Å². The van der Waals surface area contributed by atoms with Crippen LogP contribution in [0.5, 0.6) is 17.2 Å². The summed E-state index contributed by atoms with van der Waals surface area (Å²) >= 11 is 0. The van der Waals surface area contributed by atoms with Crippen LogP contribution in [0, 0.1) is 17.3 Å². The molecule has 158 valence electrons. The molecular formula is C25H28O5. The van der Waals surface area contributed by atoms with Gasteiger partial charge in [0.2, 0.25) is 0 Å². The SMILES string of the molecule is O=C(O)[C@@H]1C[C@H]1CCC12CCC(c3cccc(Oc4ccc(O)cc4)c3)(CC1)OC2. The van der Waals surface area contributed by atoms with Gasteiger partial charge in [-0.3, -0.25) is 4.79 Å². The molecule has 0 spiro atoms. The van der Waals surface area contributed by atoms with E-state index in [0.717, 1.165) is 57.3 Å². The summed E-state index contributed by atoms with van der Waals surface area (Å²) < 4.78 is 12.5. The lowest BCUT2D eigenvalue weighted by molar-refractivity contribution is -0.192. The summed E-state index contributed by atoms with van der Waals surface area (Å²) in [6, 6.07) is 14.9. The van der Waals surface area contributed by atoms with Gasteiger partial charge in [0.15, 0.2) is 0 Å². The van der Waals surface area contributed by atoms with Crippen molar-refractivity contribution in [2.75, 3.05) is 6.61 Å². The van der Waals surface area contributed by atoms with Crippen LogP contribution in [-0.4, -0.2) is 22.8 Å². The average molecular weight is 408 g/mol. The molecule has 2 N–H and O–H groups in total. The monoisotopic (exact) mass is 408 g/mol. The van der Waals surface area contributed by atoms with Crippen molar-refractivity contribution in [3.63, 3.8) is 0 Å². The van der Waals surface area contributed by atoms with Crippen LogP contribution in [0.1, 0.15) is 50.5 Å². The van der Waals surface area contributed by atoms with Crippen LogP contribution in [0.2, 0.25) is 0 Å². The molecular weight excluding hydrogens is 380 g/mol. The number of aromatic hydroxyl groups is 1. The van der Waals surface area contributed by atoms with Gasteiger partial charge in [0.1, 0.15) is 17.2 Å². The van der Waals surface area contributed by atoms with Gasteiger partial charge in [-0.1, -0.05) is 12.1 Å². The van der Waals surface area contributed by atoms with Gasteiger partial charge < -0.3 is 19.7 Å². The molecule has 4 fully saturated rings. The van der Waals surface area contributed by atoms with E-state index in [1.54, 1.807) is 24.3 Å². The molecule has 0 radical (unpaired) electrons. The normalized spacial score (nSPS) is 32.0. The van der Waals surface area contributed by atoms with Crippen molar-refractivity contribution in [3.05, 3.63) is 54.1 Å². The molecule has 5 nitrogen and oxygen atoms in total. The second-order valence-electron chi connectivity index (χ2n) is 9.39. The summed E-state index contributed by atoms with van der Waals surface area (Å²) in [5.41, 5.74) is 1.16. The van der Waals surface area contributed by atoms with Gasteiger partial charge in [-0.2, -0.15) is 0 Å². The number of rotatable bonds is 7.